The van der Waals surface area contributed by atoms with Crippen LogP contribution in [0.25, 0.3) is 0 Å². The molecule has 0 atom stereocenters. The Bertz CT molecular complexity index is 434. The van der Waals surface area contributed by atoms with Crippen molar-refractivity contribution < 1.29 is 13.6 Å². The van der Waals surface area contributed by atoms with Gasteiger partial charge in [0.15, 0.2) is 0 Å². The highest BCUT2D eigenvalue weighted by atomic mass is 19.1. The van der Waals surface area contributed by atoms with Crippen LogP contribution in [0.3, 0.4) is 0 Å². The lowest BCUT2D eigenvalue weighted by Gasteiger charge is -2.28. The summed E-state index contributed by atoms with van der Waals surface area (Å²) in [5.41, 5.74) is 5.39. The first-order valence-electron chi connectivity index (χ1n) is 5.11. The second-order valence-electron chi connectivity index (χ2n) is 3.71. The zero-order chi connectivity index (χ0) is 11.7. The number of carbonyl (C=O) groups is 1. The van der Waals surface area contributed by atoms with E-state index >= 15 is 0 Å². The van der Waals surface area contributed by atoms with Crippen LogP contribution in [0.4, 0.5) is 8.78 Å². The fraction of sp³-hybridized carbons (Fsp3) is 0.364. The van der Waals surface area contributed by atoms with Crippen molar-refractivity contribution in [2.24, 2.45) is 5.73 Å². The molecule has 0 saturated carbocycles. The molecule has 0 spiro atoms. The van der Waals surface area contributed by atoms with Crippen molar-refractivity contribution in [1.29, 1.82) is 0 Å². The number of halogens is 2. The molecule has 0 aliphatic carbocycles. The second-order valence-corrected chi connectivity index (χ2v) is 3.71. The van der Waals surface area contributed by atoms with Crippen LogP contribution in [0.15, 0.2) is 12.1 Å². The van der Waals surface area contributed by atoms with Gasteiger partial charge in [-0.1, -0.05) is 0 Å². The highest BCUT2D eigenvalue weighted by molar-refractivity contribution is 5.97. The molecule has 1 amide bonds. The molecule has 1 heterocycles. The molecule has 3 nitrogen and oxygen atoms in total. The molecule has 0 aromatic heterocycles. The molecule has 2 N–H and O–H groups in total. The van der Waals surface area contributed by atoms with E-state index in [2.05, 4.69) is 0 Å². The van der Waals surface area contributed by atoms with Gasteiger partial charge in [-0.2, -0.15) is 0 Å². The maximum absolute atomic E-state index is 13.5. The van der Waals surface area contributed by atoms with Crippen LogP contribution >= 0.6 is 0 Å². The lowest BCUT2D eigenvalue weighted by molar-refractivity contribution is 0.0737. The quantitative estimate of drug-likeness (QED) is 0.815. The van der Waals surface area contributed by atoms with E-state index < -0.39 is 17.5 Å². The number of hydrogen-bond acceptors (Lipinski definition) is 2. The average molecular weight is 226 g/mol. The summed E-state index contributed by atoms with van der Waals surface area (Å²) in [5, 5.41) is 0. The Hall–Kier alpha value is -1.49. The molecule has 1 aromatic carbocycles. The lowest BCUT2D eigenvalue weighted by Crippen LogP contribution is -2.41. The molecule has 0 saturated heterocycles. The maximum Gasteiger partial charge on any atom is 0.257 e. The number of benzene rings is 1. The van der Waals surface area contributed by atoms with Crippen molar-refractivity contribution in [1.82, 2.24) is 4.90 Å². The van der Waals surface area contributed by atoms with Crippen LogP contribution in [0.1, 0.15) is 15.9 Å². The standard InChI is InChI=1S/C11H12F2N2O/c12-8-1-2-9(13)10-7(8)3-5-15(6-4-14)11(10)16/h1-2H,3-6,14H2. The number of amides is 1. The third-order valence-electron chi connectivity index (χ3n) is 2.74. The van der Waals surface area contributed by atoms with Crippen molar-refractivity contribution >= 4 is 5.91 Å². The largest absolute Gasteiger partial charge is 0.337 e. The summed E-state index contributed by atoms with van der Waals surface area (Å²) in [6.07, 6.45) is 0.338. The Morgan fingerprint density at radius 2 is 2.00 bits per heavy atom. The number of nitrogens with zero attached hydrogens (tertiary/aromatic N) is 1. The molecule has 0 unspecified atom stereocenters. The van der Waals surface area contributed by atoms with E-state index in [1.54, 1.807) is 0 Å². The third-order valence-corrected chi connectivity index (χ3v) is 2.74. The van der Waals surface area contributed by atoms with Crippen molar-refractivity contribution in [3.05, 3.63) is 34.9 Å². The van der Waals surface area contributed by atoms with Gasteiger partial charge in [0, 0.05) is 25.2 Å². The van der Waals surface area contributed by atoms with E-state index in [0.717, 1.165) is 12.1 Å². The molecule has 5 heteroatoms. The summed E-state index contributed by atoms with van der Waals surface area (Å²) >= 11 is 0. The monoisotopic (exact) mass is 226 g/mol. The van der Waals surface area contributed by atoms with Gasteiger partial charge in [-0.05, 0) is 18.6 Å². The molecule has 1 aliphatic heterocycles. The van der Waals surface area contributed by atoms with E-state index in [9.17, 15) is 13.6 Å². The van der Waals surface area contributed by atoms with Crippen LogP contribution in [-0.2, 0) is 6.42 Å². The summed E-state index contributed by atoms with van der Waals surface area (Å²) < 4.78 is 26.8. The van der Waals surface area contributed by atoms with Gasteiger partial charge in [-0.3, -0.25) is 4.79 Å². The minimum atomic E-state index is -0.664. The maximum atomic E-state index is 13.5. The fourth-order valence-electron chi connectivity index (χ4n) is 1.95. The molecule has 0 bridgehead atoms. The lowest BCUT2D eigenvalue weighted by atomic mass is 9.98. The molecular formula is C11H12F2N2O. The highest BCUT2D eigenvalue weighted by Crippen LogP contribution is 2.24. The molecule has 86 valence electrons. The minimum absolute atomic E-state index is 0.139. The Balaban J connectivity index is 2.44. The molecule has 1 aromatic rings. The predicted molar refractivity (Wildman–Crippen MR) is 55.0 cm³/mol. The van der Waals surface area contributed by atoms with Crippen molar-refractivity contribution in [3.63, 3.8) is 0 Å². The van der Waals surface area contributed by atoms with Crippen molar-refractivity contribution in [3.8, 4) is 0 Å². The first kappa shape index (κ1) is 11.0. The minimum Gasteiger partial charge on any atom is -0.337 e. The predicted octanol–water partition coefficient (Wildman–Crippen LogP) is 0.922. The number of rotatable bonds is 2. The van der Waals surface area contributed by atoms with Gasteiger partial charge in [0.2, 0.25) is 0 Å². The number of fused-ring (bicyclic) bond motifs is 1. The Morgan fingerprint density at radius 3 is 2.69 bits per heavy atom. The third kappa shape index (κ3) is 1.67. The van der Waals surface area contributed by atoms with Gasteiger partial charge in [0.1, 0.15) is 11.6 Å². The van der Waals surface area contributed by atoms with E-state index in [-0.39, 0.29) is 11.1 Å². The fourth-order valence-corrected chi connectivity index (χ4v) is 1.95. The Kier molecular flexibility index (Phi) is 2.87. The van der Waals surface area contributed by atoms with E-state index in [0.29, 0.717) is 26.1 Å². The van der Waals surface area contributed by atoms with Gasteiger partial charge in [0.25, 0.3) is 5.91 Å². The van der Waals surface area contributed by atoms with Crippen LogP contribution < -0.4 is 5.73 Å². The molecule has 0 fully saturated rings. The van der Waals surface area contributed by atoms with Crippen LogP contribution in [0.2, 0.25) is 0 Å². The van der Waals surface area contributed by atoms with Gasteiger partial charge in [-0.15, -0.1) is 0 Å². The Labute approximate surface area is 91.8 Å². The number of nitrogens with two attached hydrogens (primary N) is 1. The average Bonchev–Trinajstić information content (AvgIpc) is 2.27. The topological polar surface area (TPSA) is 46.3 Å². The van der Waals surface area contributed by atoms with Gasteiger partial charge in [0.05, 0.1) is 5.56 Å². The molecule has 16 heavy (non-hydrogen) atoms. The van der Waals surface area contributed by atoms with Gasteiger partial charge < -0.3 is 10.6 Å². The van der Waals surface area contributed by atoms with E-state index in [1.165, 1.54) is 4.90 Å². The summed E-state index contributed by atoms with van der Waals surface area (Å²) in [7, 11) is 0. The molecule has 2 rings (SSSR count). The smallest absolute Gasteiger partial charge is 0.257 e. The molecule has 1 aliphatic rings. The number of carbonyl (C=O) groups excluding carboxylic acids is 1. The first-order valence-corrected chi connectivity index (χ1v) is 5.11. The number of hydrogen-bond donors (Lipinski definition) is 1. The zero-order valence-electron chi connectivity index (χ0n) is 8.67. The SMILES string of the molecule is NCCN1CCc2c(F)ccc(F)c2C1=O. The van der Waals surface area contributed by atoms with Crippen LogP contribution in [-0.4, -0.2) is 30.4 Å². The summed E-state index contributed by atoms with van der Waals surface area (Å²) in [4.78, 5) is 13.3. The second kappa shape index (κ2) is 4.17. The summed E-state index contributed by atoms with van der Waals surface area (Å²) in [5.74, 6) is -1.65. The Morgan fingerprint density at radius 1 is 1.31 bits per heavy atom. The van der Waals surface area contributed by atoms with Crippen molar-refractivity contribution in [2.45, 2.75) is 6.42 Å². The van der Waals surface area contributed by atoms with Crippen LogP contribution in [0, 0.1) is 11.6 Å². The first-order chi connectivity index (χ1) is 7.65. The molecular weight excluding hydrogens is 214 g/mol. The van der Waals surface area contributed by atoms with Crippen LogP contribution in [0.5, 0.6) is 0 Å². The molecule has 0 radical (unpaired) electrons. The van der Waals surface area contributed by atoms with E-state index in [4.69, 9.17) is 5.73 Å². The summed E-state index contributed by atoms with van der Waals surface area (Å²) in [6, 6.07) is 2.04. The van der Waals surface area contributed by atoms with Gasteiger partial charge in [-0.25, -0.2) is 8.78 Å². The highest BCUT2D eigenvalue weighted by Gasteiger charge is 2.28. The van der Waals surface area contributed by atoms with Gasteiger partial charge >= 0.3 is 0 Å². The van der Waals surface area contributed by atoms with Crippen molar-refractivity contribution in [2.75, 3.05) is 19.6 Å². The zero-order valence-corrected chi connectivity index (χ0v) is 8.67. The summed E-state index contributed by atoms with van der Waals surface area (Å²) in [6.45, 7) is 1.08. The van der Waals surface area contributed by atoms with E-state index in [1.807, 2.05) is 0 Å². The normalized spacial score (nSPS) is 15.2.